The predicted molar refractivity (Wildman–Crippen MR) is 68.4 cm³/mol. The minimum Gasteiger partial charge on any atom is -0.330 e. The molecule has 0 aliphatic heterocycles. The molecule has 0 amide bonds. The topological polar surface area (TPSA) is 38.9 Å². The number of nitrogens with zero attached hydrogens (tertiary/aromatic N) is 1. The molecule has 2 N–H and O–H groups in total. The van der Waals surface area contributed by atoms with E-state index in [0.717, 1.165) is 12.1 Å². The van der Waals surface area contributed by atoms with E-state index in [1.807, 2.05) is 12.3 Å². The van der Waals surface area contributed by atoms with Crippen LogP contribution in [0.3, 0.4) is 0 Å². The average molecular weight is 214 g/mol. The number of pyridine rings is 1. The first-order valence-corrected chi connectivity index (χ1v) is 5.77. The molecule has 2 atom stereocenters. The molecule has 1 heterocycles. The normalized spacial score (nSPS) is 14.9. The fourth-order valence-electron chi connectivity index (χ4n) is 1.90. The summed E-state index contributed by atoms with van der Waals surface area (Å²) in [6.07, 6.45) is 1.84. The molecule has 0 radical (unpaired) electrons. The van der Waals surface area contributed by atoms with Gasteiger partial charge in [0.15, 0.2) is 0 Å². The van der Waals surface area contributed by atoms with Gasteiger partial charge in [-0.1, -0.05) is 32.0 Å². The van der Waals surface area contributed by atoms with Crippen molar-refractivity contribution < 1.29 is 0 Å². The molecule has 0 spiro atoms. The third-order valence-electron chi connectivity index (χ3n) is 3.38. The second kappa shape index (κ2) is 4.62. The van der Waals surface area contributed by atoms with E-state index in [-0.39, 0.29) is 0 Å². The van der Waals surface area contributed by atoms with Gasteiger partial charge in [-0.2, -0.15) is 0 Å². The van der Waals surface area contributed by atoms with Crippen molar-refractivity contribution in [2.75, 3.05) is 6.54 Å². The quantitative estimate of drug-likeness (QED) is 0.853. The standard InChI is InChI=1S/C14H18N2/c1-10(9-15)11(2)13-6-5-12-4-3-7-16-14(12)8-13/h3-8,10-11H,9,15H2,1-2H3. The van der Waals surface area contributed by atoms with Crippen LogP contribution in [0.15, 0.2) is 36.5 Å². The minimum atomic E-state index is 0.483. The molecule has 2 aromatic rings. The highest BCUT2D eigenvalue weighted by Gasteiger charge is 2.13. The maximum atomic E-state index is 5.71. The Hall–Kier alpha value is -1.41. The van der Waals surface area contributed by atoms with Crippen molar-refractivity contribution in [3.63, 3.8) is 0 Å². The summed E-state index contributed by atoms with van der Waals surface area (Å²) in [7, 11) is 0. The largest absolute Gasteiger partial charge is 0.330 e. The second-order valence-corrected chi connectivity index (χ2v) is 4.46. The van der Waals surface area contributed by atoms with E-state index in [4.69, 9.17) is 5.73 Å². The summed E-state index contributed by atoms with van der Waals surface area (Å²) in [6, 6.07) is 10.5. The lowest BCUT2D eigenvalue weighted by Crippen LogP contribution is -2.16. The van der Waals surface area contributed by atoms with Crippen molar-refractivity contribution in [3.05, 3.63) is 42.1 Å². The minimum absolute atomic E-state index is 0.483. The number of benzene rings is 1. The lowest BCUT2D eigenvalue weighted by Gasteiger charge is -2.18. The van der Waals surface area contributed by atoms with Crippen LogP contribution in [0.5, 0.6) is 0 Å². The van der Waals surface area contributed by atoms with Gasteiger partial charge in [-0.25, -0.2) is 0 Å². The summed E-state index contributed by atoms with van der Waals surface area (Å²) >= 11 is 0. The molecule has 0 saturated heterocycles. The first-order valence-electron chi connectivity index (χ1n) is 5.77. The third-order valence-corrected chi connectivity index (χ3v) is 3.38. The average Bonchev–Trinajstić information content (AvgIpc) is 2.36. The molecule has 0 fully saturated rings. The first kappa shape index (κ1) is 11.1. The molecular formula is C14H18N2. The SMILES string of the molecule is CC(CN)C(C)c1ccc2cccnc2c1. The molecule has 2 unspecified atom stereocenters. The Bertz CT molecular complexity index is 479. The zero-order valence-electron chi connectivity index (χ0n) is 9.85. The first-order chi connectivity index (χ1) is 7.72. The lowest BCUT2D eigenvalue weighted by atomic mass is 9.88. The van der Waals surface area contributed by atoms with Gasteiger partial charge in [-0.15, -0.1) is 0 Å². The molecule has 16 heavy (non-hydrogen) atoms. The van der Waals surface area contributed by atoms with E-state index in [9.17, 15) is 0 Å². The molecule has 1 aromatic heterocycles. The van der Waals surface area contributed by atoms with Gasteiger partial charge in [0.2, 0.25) is 0 Å². The molecule has 0 aliphatic rings. The van der Waals surface area contributed by atoms with Crippen LogP contribution < -0.4 is 5.73 Å². The van der Waals surface area contributed by atoms with Gasteiger partial charge >= 0.3 is 0 Å². The zero-order valence-corrected chi connectivity index (χ0v) is 9.85. The summed E-state index contributed by atoms with van der Waals surface area (Å²) in [4.78, 5) is 4.38. The monoisotopic (exact) mass is 214 g/mol. The zero-order chi connectivity index (χ0) is 11.5. The van der Waals surface area contributed by atoms with Crippen LogP contribution in [0.1, 0.15) is 25.3 Å². The van der Waals surface area contributed by atoms with Gasteiger partial charge in [-0.05, 0) is 36.1 Å². The molecule has 0 bridgehead atoms. The Morgan fingerprint density at radius 1 is 1.25 bits per heavy atom. The van der Waals surface area contributed by atoms with Crippen molar-refractivity contribution in [2.45, 2.75) is 19.8 Å². The van der Waals surface area contributed by atoms with Crippen molar-refractivity contribution >= 4 is 10.9 Å². The van der Waals surface area contributed by atoms with Gasteiger partial charge in [0, 0.05) is 11.6 Å². The number of fused-ring (bicyclic) bond motifs is 1. The smallest absolute Gasteiger partial charge is 0.0704 e. The highest BCUT2D eigenvalue weighted by molar-refractivity contribution is 5.78. The number of rotatable bonds is 3. The van der Waals surface area contributed by atoms with Gasteiger partial charge in [0.05, 0.1) is 5.52 Å². The van der Waals surface area contributed by atoms with Crippen LogP contribution in [-0.4, -0.2) is 11.5 Å². The maximum Gasteiger partial charge on any atom is 0.0704 e. The van der Waals surface area contributed by atoms with E-state index in [1.54, 1.807) is 0 Å². The Balaban J connectivity index is 2.39. The van der Waals surface area contributed by atoms with Gasteiger partial charge in [0.1, 0.15) is 0 Å². The lowest BCUT2D eigenvalue weighted by molar-refractivity contribution is 0.499. The third kappa shape index (κ3) is 2.07. The fourth-order valence-corrected chi connectivity index (χ4v) is 1.90. The van der Waals surface area contributed by atoms with Crippen LogP contribution in [0.25, 0.3) is 10.9 Å². The molecular weight excluding hydrogens is 196 g/mol. The Kier molecular flexibility index (Phi) is 3.20. The molecule has 2 nitrogen and oxygen atoms in total. The summed E-state index contributed by atoms with van der Waals surface area (Å²) in [5.74, 6) is 0.984. The summed E-state index contributed by atoms with van der Waals surface area (Å²) in [5, 5.41) is 1.19. The predicted octanol–water partition coefficient (Wildman–Crippen LogP) is 2.93. The highest BCUT2D eigenvalue weighted by atomic mass is 14.6. The van der Waals surface area contributed by atoms with E-state index >= 15 is 0 Å². The van der Waals surface area contributed by atoms with Crippen LogP contribution >= 0.6 is 0 Å². The van der Waals surface area contributed by atoms with E-state index in [2.05, 4.69) is 43.1 Å². The highest BCUT2D eigenvalue weighted by Crippen LogP contribution is 2.25. The van der Waals surface area contributed by atoms with Crippen molar-refractivity contribution in [1.29, 1.82) is 0 Å². The number of hydrogen-bond donors (Lipinski definition) is 1. The van der Waals surface area contributed by atoms with Crippen molar-refractivity contribution in [1.82, 2.24) is 4.98 Å². The van der Waals surface area contributed by atoms with E-state index in [0.29, 0.717) is 11.8 Å². The second-order valence-electron chi connectivity index (χ2n) is 4.46. The molecule has 1 aromatic carbocycles. The van der Waals surface area contributed by atoms with E-state index < -0.39 is 0 Å². The molecule has 2 heteroatoms. The van der Waals surface area contributed by atoms with Gasteiger partial charge in [-0.3, -0.25) is 4.98 Å². The van der Waals surface area contributed by atoms with Gasteiger partial charge < -0.3 is 5.73 Å². The van der Waals surface area contributed by atoms with Crippen molar-refractivity contribution in [2.24, 2.45) is 11.7 Å². The van der Waals surface area contributed by atoms with Crippen molar-refractivity contribution in [3.8, 4) is 0 Å². The molecule has 2 rings (SSSR count). The summed E-state index contributed by atoms with van der Waals surface area (Å²) in [5.41, 5.74) is 8.10. The van der Waals surface area contributed by atoms with E-state index in [1.165, 1.54) is 10.9 Å². The van der Waals surface area contributed by atoms with Crippen LogP contribution in [0, 0.1) is 5.92 Å². The van der Waals surface area contributed by atoms with Crippen LogP contribution in [0.4, 0.5) is 0 Å². The molecule has 0 aliphatic carbocycles. The summed E-state index contributed by atoms with van der Waals surface area (Å²) in [6.45, 7) is 5.14. The Morgan fingerprint density at radius 2 is 2.06 bits per heavy atom. The molecule has 84 valence electrons. The van der Waals surface area contributed by atoms with Crippen LogP contribution in [0.2, 0.25) is 0 Å². The maximum absolute atomic E-state index is 5.71. The number of aromatic nitrogens is 1. The Morgan fingerprint density at radius 3 is 2.81 bits per heavy atom. The summed E-state index contributed by atoms with van der Waals surface area (Å²) < 4.78 is 0. The van der Waals surface area contributed by atoms with Crippen LogP contribution in [-0.2, 0) is 0 Å². The Labute approximate surface area is 96.5 Å². The number of nitrogens with two attached hydrogens (primary N) is 1. The van der Waals surface area contributed by atoms with Gasteiger partial charge in [0.25, 0.3) is 0 Å². The molecule has 0 saturated carbocycles. The number of hydrogen-bond acceptors (Lipinski definition) is 2. The fraction of sp³-hybridized carbons (Fsp3) is 0.357.